The zero-order valence-electron chi connectivity index (χ0n) is 18.4. The van der Waals surface area contributed by atoms with Gasteiger partial charge in [-0.25, -0.2) is 5.43 Å². The average Bonchev–Trinajstić information content (AvgIpc) is 2.78. The Morgan fingerprint density at radius 2 is 1.74 bits per heavy atom. The number of amides is 1. The summed E-state index contributed by atoms with van der Waals surface area (Å²) < 4.78 is 11.2. The molecule has 3 aromatic carbocycles. The lowest BCUT2D eigenvalue weighted by atomic mass is 9.87. The van der Waals surface area contributed by atoms with Crippen molar-refractivity contribution in [1.82, 2.24) is 5.43 Å². The highest BCUT2D eigenvalue weighted by molar-refractivity contribution is 5.95. The van der Waals surface area contributed by atoms with Crippen molar-refractivity contribution in [2.75, 3.05) is 7.11 Å². The zero-order valence-corrected chi connectivity index (χ0v) is 18.4. The van der Waals surface area contributed by atoms with Crippen LogP contribution in [0.4, 0.5) is 0 Å². The standard InChI is InChI=1S/C26H28N2O3/c1-26(2,3)22-14-12-20(13-15-22)25(29)28-27-17-21-9-5-6-11-24(21)31-18-19-8-7-10-23(16-19)30-4/h5-17H,18H2,1-4H3,(H,28,29)/b27-17+. The van der Waals surface area contributed by atoms with Gasteiger partial charge in [0, 0.05) is 11.1 Å². The van der Waals surface area contributed by atoms with E-state index in [4.69, 9.17) is 9.47 Å². The monoisotopic (exact) mass is 416 g/mol. The minimum absolute atomic E-state index is 0.0434. The van der Waals surface area contributed by atoms with E-state index in [0.717, 1.165) is 16.9 Å². The summed E-state index contributed by atoms with van der Waals surface area (Å²) in [4.78, 5) is 12.4. The van der Waals surface area contributed by atoms with Crippen molar-refractivity contribution >= 4 is 12.1 Å². The number of nitrogens with one attached hydrogen (secondary N) is 1. The van der Waals surface area contributed by atoms with Crippen molar-refractivity contribution in [1.29, 1.82) is 0 Å². The fourth-order valence-corrected chi connectivity index (χ4v) is 2.99. The molecule has 0 unspecified atom stereocenters. The molecule has 0 bridgehead atoms. The van der Waals surface area contributed by atoms with Crippen LogP contribution >= 0.6 is 0 Å². The summed E-state index contributed by atoms with van der Waals surface area (Å²) >= 11 is 0. The fraction of sp³-hybridized carbons (Fsp3) is 0.231. The van der Waals surface area contributed by atoms with Crippen LogP contribution in [-0.4, -0.2) is 19.2 Å². The van der Waals surface area contributed by atoms with Gasteiger partial charge in [0.25, 0.3) is 5.91 Å². The smallest absolute Gasteiger partial charge is 0.271 e. The molecule has 160 valence electrons. The molecule has 0 aliphatic carbocycles. The first-order chi connectivity index (χ1) is 14.9. The Kier molecular flexibility index (Phi) is 7.08. The topological polar surface area (TPSA) is 59.9 Å². The Morgan fingerprint density at radius 1 is 1.00 bits per heavy atom. The number of nitrogens with zero attached hydrogens (tertiary/aromatic N) is 1. The molecule has 0 atom stereocenters. The molecule has 0 radical (unpaired) electrons. The fourth-order valence-electron chi connectivity index (χ4n) is 2.99. The first-order valence-corrected chi connectivity index (χ1v) is 10.2. The number of rotatable bonds is 7. The Morgan fingerprint density at radius 3 is 2.45 bits per heavy atom. The number of carbonyl (C=O) groups is 1. The van der Waals surface area contributed by atoms with Crippen LogP contribution in [0.15, 0.2) is 77.9 Å². The molecule has 0 saturated carbocycles. The predicted molar refractivity (Wildman–Crippen MR) is 124 cm³/mol. The minimum Gasteiger partial charge on any atom is -0.497 e. The van der Waals surface area contributed by atoms with Gasteiger partial charge in [0.05, 0.1) is 13.3 Å². The highest BCUT2D eigenvalue weighted by atomic mass is 16.5. The second-order valence-electron chi connectivity index (χ2n) is 8.20. The molecule has 0 heterocycles. The number of methoxy groups -OCH3 is 1. The van der Waals surface area contributed by atoms with E-state index in [-0.39, 0.29) is 11.3 Å². The van der Waals surface area contributed by atoms with Crippen LogP contribution in [0.25, 0.3) is 0 Å². The third-order valence-electron chi connectivity index (χ3n) is 4.83. The molecule has 5 heteroatoms. The molecule has 0 saturated heterocycles. The Balaban J connectivity index is 1.62. The molecule has 0 fully saturated rings. The molecule has 1 amide bonds. The first-order valence-electron chi connectivity index (χ1n) is 10.2. The van der Waals surface area contributed by atoms with E-state index in [0.29, 0.717) is 17.9 Å². The van der Waals surface area contributed by atoms with Crippen LogP contribution < -0.4 is 14.9 Å². The molecule has 1 N–H and O–H groups in total. The molecule has 31 heavy (non-hydrogen) atoms. The molecule has 3 aromatic rings. The summed E-state index contributed by atoms with van der Waals surface area (Å²) in [7, 11) is 1.64. The summed E-state index contributed by atoms with van der Waals surface area (Å²) in [6.07, 6.45) is 1.59. The molecule has 0 spiro atoms. The van der Waals surface area contributed by atoms with E-state index >= 15 is 0 Å². The summed E-state index contributed by atoms with van der Waals surface area (Å²) in [5.74, 6) is 1.21. The van der Waals surface area contributed by atoms with E-state index in [2.05, 4.69) is 31.3 Å². The molecule has 0 aromatic heterocycles. The highest BCUT2D eigenvalue weighted by Gasteiger charge is 2.14. The van der Waals surface area contributed by atoms with Crippen molar-refractivity contribution in [2.24, 2.45) is 5.10 Å². The maximum absolute atomic E-state index is 12.4. The van der Waals surface area contributed by atoms with Crippen molar-refractivity contribution in [3.8, 4) is 11.5 Å². The Hall–Kier alpha value is -3.60. The van der Waals surface area contributed by atoms with Crippen molar-refractivity contribution in [3.63, 3.8) is 0 Å². The number of para-hydroxylation sites is 1. The van der Waals surface area contributed by atoms with Crippen LogP contribution in [0.2, 0.25) is 0 Å². The SMILES string of the molecule is COc1cccc(COc2ccccc2/C=N/NC(=O)c2ccc(C(C)(C)C)cc2)c1. The van der Waals surface area contributed by atoms with Gasteiger partial charge in [-0.3, -0.25) is 4.79 Å². The van der Waals surface area contributed by atoms with Gasteiger partial charge in [-0.05, 0) is 52.9 Å². The number of hydrogen-bond acceptors (Lipinski definition) is 4. The van der Waals surface area contributed by atoms with E-state index in [1.54, 1.807) is 13.3 Å². The molecule has 0 aliphatic heterocycles. The van der Waals surface area contributed by atoms with Crippen LogP contribution in [0.3, 0.4) is 0 Å². The maximum Gasteiger partial charge on any atom is 0.271 e. The quantitative estimate of drug-likeness (QED) is 0.418. The van der Waals surface area contributed by atoms with E-state index in [1.807, 2.05) is 72.8 Å². The third kappa shape index (κ3) is 6.19. The van der Waals surface area contributed by atoms with Crippen LogP contribution in [0.5, 0.6) is 11.5 Å². The average molecular weight is 417 g/mol. The normalized spacial score (nSPS) is 11.4. The molecular formula is C26H28N2O3. The van der Waals surface area contributed by atoms with Crippen molar-refractivity contribution in [3.05, 3.63) is 95.1 Å². The van der Waals surface area contributed by atoms with Gasteiger partial charge in [0.15, 0.2) is 0 Å². The minimum atomic E-state index is -0.258. The van der Waals surface area contributed by atoms with Crippen molar-refractivity contribution in [2.45, 2.75) is 32.8 Å². The van der Waals surface area contributed by atoms with Crippen LogP contribution in [-0.2, 0) is 12.0 Å². The Bertz CT molecular complexity index is 1050. The second-order valence-corrected chi connectivity index (χ2v) is 8.20. The lowest BCUT2D eigenvalue weighted by Gasteiger charge is -2.18. The van der Waals surface area contributed by atoms with Gasteiger partial charge < -0.3 is 9.47 Å². The van der Waals surface area contributed by atoms with Crippen molar-refractivity contribution < 1.29 is 14.3 Å². The highest BCUT2D eigenvalue weighted by Crippen LogP contribution is 2.22. The predicted octanol–water partition coefficient (Wildman–Crippen LogP) is 5.34. The largest absolute Gasteiger partial charge is 0.497 e. The first kappa shape index (κ1) is 22.1. The molecule has 3 rings (SSSR count). The summed E-state index contributed by atoms with van der Waals surface area (Å²) in [5.41, 5.74) is 6.13. The van der Waals surface area contributed by atoms with Gasteiger partial charge in [0.2, 0.25) is 0 Å². The molecule has 0 aliphatic rings. The lowest BCUT2D eigenvalue weighted by molar-refractivity contribution is 0.0955. The molecule has 5 nitrogen and oxygen atoms in total. The lowest BCUT2D eigenvalue weighted by Crippen LogP contribution is -2.18. The van der Waals surface area contributed by atoms with Gasteiger partial charge >= 0.3 is 0 Å². The maximum atomic E-state index is 12.4. The van der Waals surface area contributed by atoms with Crippen LogP contribution in [0, 0.1) is 0 Å². The van der Waals surface area contributed by atoms with E-state index < -0.39 is 0 Å². The number of benzene rings is 3. The van der Waals surface area contributed by atoms with Gasteiger partial charge in [-0.2, -0.15) is 5.10 Å². The summed E-state index contributed by atoms with van der Waals surface area (Å²) in [5, 5.41) is 4.11. The van der Waals surface area contributed by atoms with E-state index in [9.17, 15) is 4.79 Å². The third-order valence-corrected chi connectivity index (χ3v) is 4.83. The Labute approximate surface area is 183 Å². The second kappa shape index (κ2) is 9.94. The van der Waals surface area contributed by atoms with Gasteiger partial charge in [-0.15, -0.1) is 0 Å². The van der Waals surface area contributed by atoms with Gasteiger partial charge in [0.1, 0.15) is 18.1 Å². The van der Waals surface area contributed by atoms with Crippen LogP contribution in [0.1, 0.15) is 47.8 Å². The number of ether oxygens (including phenoxy) is 2. The summed E-state index contributed by atoms with van der Waals surface area (Å²) in [6, 6.07) is 22.8. The molecular weight excluding hydrogens is 388 g/mol. The van der Waals surface area contributed by atoms with Gasteiger partial charge in [-0.1, -0.05) is 57.2 Å². The zero-order chi connectivity index (χ0) is 22.3. The van der Waals surface area contributed by atoms with E-state index in [1.165, 1.54) is 5.56 Å². The number of hydrazone groups is 1. The number of hydrogen-bond donors (Lipinski definition) is 1. The summed E-state index contributed by atoms with van der Waals surface area (Å²) in [6.45, 7) is 6.81. The number of carbonyl (C=O) groups excluding carboxylic acids is 1.